The van der Waals surface area contributed by atoms with E-state index in [1.54, 1.807) is 18.2 Å². The van der Waals surface area contributed by atoms with Gasteiger partial charge in [0.25, 0.3) is 5.91 Å². The van der Waals surface area contributed by atoms with E-state index in [4.69, 9.17) is 23.2 Å². The molecule has 0 bridgehead atoms. The molecule has 25 heavy (non-hydrogen) atoms. The second-order valence-electron chi connectivity index (χ2n) is 5.69. The Kier molecular flexibility index (Phi) is 6.36. The number of hydrogen-bond donors (Lipinski definition) is 0. The van der Waals surface area contributed by atoms with E-state index < -0.39 is 28.9 Å². The van der Waals surface area contributed by atoms with Gasteiger partial charge in [0.1, 0.15) is 0 Å². The van der Waals surface area contributed by atoms with Gasteiger partial charge in [0.05, 0.1) is 15.6 Å². The van der Waals surface area contributed by atoms with Gasteiger partial charge in [-0.1, -0.05) is 36.2 Å². The van der Waals surface area contributed by atoms with E-state index in [2.05, 4.69) is 0 Å². The number of hydrogen-bond acceptors (Lipinski definition) is 1. The lowest BCUT2D eigenvalue weighted by Crippen LogP contribution is -2.32. The maximum atomic E-state index is 13.8. The molecule has 0 aliphatic carbocycles. The van der Waals surface area contributed by atoms with Crippen molar-refractivity contribution in [3.05, 3.63) is 69.0 Å². The summed E-state index contributed by atoms with van der Waals surface area (Å²) in [5.74, 6) is -5.28. The predicted octanol–water partition coefficient (Wildman–Crippen LogP) is 5.68. The number of halogens is 5. The Morgan fingerprint density at radius 2 is 1.76 bits per heavy atom. The van der Waals surface area contributed by atoms with Crippen LogP contribution in [0.3, 0.4) is 0 Å². The maximum absolute atomic E-state index is 13.8. The molecule has 2 aromatic rings. The molecule has 0 saturated heterocycles. The number of carbonyl (C=O) groups excluding carboxylic acids is 1. The minimum absolute atomic E-state index is 0.0722. The Labute approximate surface area is 154 Å². The largest absolute Gasteiger partial charge is 0.341 e. The molecule has 0 fully saturated rings. The molecular formula is C18H16Cl2F3NO. The monoisotopic (exact) mass is 389 g/mol. The fraction of sp³-hybridized carbons (Fsp3) is 0.278. The molecule has 2 aromatic carbocycles. The van der Waals surface area contributed by atoms with Gasteiger partial charge in [0.2, 0.25) is 0 Å². The van der Waals surface area contributed by atoms with Crippen molar-refractivity contribution < 1.29 is 18.0 Å². The number of likely N-dealkylation sites (N-methyl/N-ethyl adjacent to an activating group) is 1. The third-order valence-electron chi connectivity index (χ3n) is 4.01. The highest BCUT2D eigenvalue weighted by molar-refractivity contribution is 6.42. The van der Waals surface area contributed by atoms with E-state index in [-0.39, 0.29) is 12.5 Å². The zero-order chi connectivity index (χ0) is 18.7. The molecule has 2 nitrogen and oxygen atoms in total. The van der Waals surface area contributed by atoms with Crippen LogP contribution in [0, 0.1) is 17.5 Å². The highest BCUT2D eigenvalue weighted by atomic mass is 35.5. The second kappa shape index (κ2) is 8.11. The minimum Gasteiger partial charge on any atom is -0.341 e. The van der Waals surface area contributed by atoms with E-state index in [1.807, 2.05) is 6.92 Å². The van der Waals surface area contributed by atoms with Crippen LogP contribution in [0.1, 0.15) is 35.2 Å². The Hall–Kier alpha value is -1.72. The fourth-order valence-corrected chi connectivity index (χ4v) is 2.85. The summed E-state index contributed by atoms with van der Waals surface area (Å²) in [6, 6.07) is 6.86. The molecule has 0 spiro atoms. The average Bonchev–Trinajstić information content (AvgIpc) is 2.59. The van der Waals surface area contributed by atoms with E-state index in [0.717, 1.165) is 17.7 Å². The van der Waals surface area contributed by atoms with Crippen molar-refractivity contribution in [2.45, 2.75) is 19.3 Å². The van der Waals surface area contributed by atoms with Gasteiger partial charge in [-0.3, -0.25) is 4.79 Å². The summed E-state index contributed by atoms with van der Waals surface area (Å²) in [4.78, 5) is 13.7. The van der Waals surface area contributed by atoms with Gasteiger partial charge in [-0.05, 0) is 36.2 Å². The smallest absolute Gasteiger partial charge is 0.256 e. The lowest BCUT2D eigenvalue weighted by Gasteiger charge is -2.24. The first-order chi connectivity index (χ1) is 11.8. The SMILES string of the molecule is CCC(CN(C)C(=O)c1ccc(F)c(F)c1F)c1ccc(Cl)c(Cl)c1. The third kappa shape index (κ3) is 4.28. The van der Waals surface area contributed by atoms with Gasteiger partial charge in [-0.25, -0.2) is 13.2 Å². The molecule has 1 amide bonds. The van der Waals surface area contributed by atoms with Crippen molar-refractivity contribution in [1.82, 2.24) is 4.90 Å². The van der Waals surface area contributed by atoms with E-state index in [0.29, 0.717) is 16.5 Å². The summed E-state index contributed by atoms with van der Waals surface area (Å²) < 4.78 is 40.2. The second-order valence-corrected chi connectivity index (χ2v) is 6.50. The van der Waals surface area contributed by atoms with E-state index in [1.165, 1.54) is 11.9 Å². The molecule has 0 radical (unpaired) electrons. The van der Waals surface area contributed by atoms with Crippen LogP contribution in [0.15, 0.2) is 30.3 Å². The quantitative estimate of drug-likeness (QED) is 0.602. The van der Waals surface area contributed by atoms with Crippen LogP contribution >= 0.6 is 23.2 Å². The Balaban J connectivity index is 2.21. The van der Waals surface area contributed by atoms with Gasteiger partial charge in [-0.2, -0.15) is 0 Å². The molecule has 0 heterocycles. The highest BCUT2D eigenvalue weighted by Gasteiger charge is 2.23. The summed E-state index contributed by atoms with van der Waals surface area (Å²) >= 11 is 11.9. The summed E-state index contributed by atoms with van der Waals surface area (Å²) in [6.07, 6.45) is 0.690. The lowest BCUT2D eigenvalue weighted by molar-refractivity contribution is 0.0779. The number of amides is 1. The van der Waals surface area contributed by atoms with Crippen LogP contribution in [0.25, 0.3) is 0 Å². The molecule has 1 atom stereocenters. The molecule has 7 heteroatoms. The predicted molar refractivity (Wildman–Crippen MR) is 92.8 cm³/mol. The third-order valence-corrected chi connectivity index (χ3v) is 4.75. The van der Waals surface area contributed by atoms with E-state index in [9.17, 15) is 18.0 Å². The van der Waals surface area contributed by atoms with Crippen LogP contribution < -0.4 is 0 Å². The highest BCUT2D eigenvalue weighted by Crippen LogP contribution is 2.29. The van der Waals surface area contributed by atoms with Crippen molar-refractivity contribution in [3.8, 4) is 0 Å². The van der Waals surface area contributed by atoms with Gasteiger partial charge < -0.3 is 4.90 Å². The standard InChI is InChI=1S/C18H16Cl2F3NO/c1-3-10(11-4-6-13(19)14(20)8-11)9-24(2)18(25)12-5-7-15(21)17(23)16(12)22/h4-8,10H,3,9H2,1-2H3. The topological polar surface area (TPSA) is 20.3 Å². The summed E-state index contributed by atoms with van der Waals surface area (Å²) in [7, 11) is 1.48. The molecule has 134 valence electrons. The summed E-state index contributed by atoms with van der Waals surface area (Å²) in [6.45, 7) is 2.19. The maximum Gasteiger partial charge on any atom is 0.256 e. The first kappa shape index (κ1) is 19.6. The van der Waals surface area contributed by atoms with Gasteiger partial charge in [0, 0.05) is 19.5 Å². The molecule has 2 rings (SSSR count). The first-order valence-electron chi connectivity index (χ1n) is 7.60. The van der Waals surface area contributed by atoms with Crippen molar-refractivity contribution >= 4 is 29.1 Å². The Morgan fingerprint density at radius 3 is 2.36 bits per heavy atom. The zero-order valence-corrected chi connectivity index (χ0v) is 15.1. The normalized spacial score (nSPS) is 12.1. The molecule has 1 unspecified atom stereocenters. The summed E-state index contributed by atoms with van der Waals surface area (Å²) in [5, 5.41) is 0.826. The molecule has 0 aliphatic rings. The van der Waals surface area contributed by atoms with Gasteiger partial charge in [0.15, 0.2) is 17.5 Å². The van der Waals surface area contributed by atoms with Gasteiger partial charge in [-0.15, -0.1) is 0 Å². The number of carbonyl (C=O) groups is 1. The number of nitrogens with zero attached hydrogens (tertiary/aromatic N) is 1. The molecule has 0 aliphatic heterocycles. The van der Waals surface area contributed by atoms with Crippen molar-refractivity contribution in [2.24, 2.45) is 0 Å². The molecule has 0 aromatic heterocycles. The number of benzene rings is 2. The van der Waals surface area contributed by atoms with Gasteiger partial charge >= 0.3 is 0 Å². The van der Waals surface area contributed by atoms with Crippen LogP contribution in [-0.2, 0) is 0 Å². The molecular weight excluding hydrogens is 374 g/mol. The van der Waals surface area contributed by atoms with Crippen LogP contribution in [0.2, 0.25) is 10.0 Å². The van der Waals surface area contributed by atoms with Crippen molar-refractivity contribution in [1.29, 1.82) is 0 Å². The van der Waals surface area contributed by atoms with Crippen molar-refractivity contribution in [2.75, 3.05) is 13.6 Å². The summed E-state index contributed by atoms with van der Waals surface area (Å²) in [5.41, 5.74) is 0.368. The first-order valence-corrected chi connectivity index (χ1v) is 8.35. The zero-order valence-electron chi connectivity index (χ0n) is 13.6. The molecule has 0 saturated carbocycles. The molecule has 0 N–H and O–H groups in total. The van der Waals surface area contributed by atoms with Crippen LogP contribution in [-0.4, -0.2) is 24.4 Å². The average molecular weight is 390 g/mol. The Bertz CT molecular complexity index is 798. The minimum atomic E-state index is -1.66. The number of rotatable bonds is 5. The van der Waals surface area contributed by atoms with Crippen LogP contribution in [0.4, 0.5) is 13.2 Å². The van der Waals surface area contributed by atoms with E-state index >= 15 is 0 Å². The fourth-order valence-electron chi connectivity index (χ4n) is 2.55. The lowest BCUT2D eigenvalue weighted by atomic mass is 9.95. The van der Waals surface area contributed by atoms with Crippen molar-refractivity contribution in [3.63, 3.8) is 0 Å². The van der Waals surface area contributed by atoms with Crippen LogP contribution in [0.5, 0.6) is 0 Å². The Morgan fingerprint density at radius 1 is 1.08 bits per heavy atom.